The molecule has 0 atom stereocenters. The van der Waals surface area contributed by atoms with Gasteiger partial charge in [-0.05, 0) is 19.9 Å². The van der Waals surface area contributed by atoms with Crippen molar-refractivity contribution < 1.29 is 39.6 Å². The highest BCUT2D eigenvalue weighted by Gasteiger charge is 2.14. The molecule has 10 heteroatoms. The van der Waals surface area contributed by atoms with E-state index in [-0.39, 0.29) is 41.0 Å². The average Bonchev–Trinajstić information content (AvgIpc) is 2.34. The van der Waals surface area contributed by atoms with Crippen LogP contribution in [0.2, 0.25) is 0 Å². The molecule has 0 aromatic carbocycles. The van der Waals surface area contributed by atoms with Crippen LogP contribution in [0.4, 0.5) is 0 Å². The molecule has 1 heterocycles. The summed E-state index contributed by atoms with van der Waals surface area (Å²) in [5, 5.41) is 2.73. The fraction of sp³-hybridized carbons (Fsp3) is 0.417. The van der Waals surface area contributed by atoms with E-state index in [2.05, 4.69) is 10.7 Å². The van der Waals surface area contributed by atoms with E-state index in [4.69, 9.17) is 0 Å². The van der Waals surface area contributed by atoms with E-state index in [1.165, 1.54) is 16.8 Å². The second kappa shape index (κ2) is 8.81. The first-order valence-electron chi connectivity index (χ1n) is 6.23. The Kier molecular flexibility index (Phi) is 8.20. The zero-order valence-corrected chi connectivity index (χ0v) is 14.9. The highest BCUT2D eigenvalue weighted by molar-refractivity contribution is 7.88. The maximum atomic E-state index is 11.8. The number of sulfonamides is 1. The number of hydrogen-bond donors (Lipinski definition) is 3. The molecule has 0 fully saturated rings. The Labute approximate surface area is 140 Å². The third kappa shape index (κ3) is 8.05. The molecule has 0 saturated carbocycles. The molecule has 0 aliphatic carbocycles. The molecule has 0 radical (unpaired) electrons. The number of pyridine rings is 1. The van der Waals surface area contributed by atoms with Crippen molar-refractivity contribution in [3.05, 3.63) is 30.1 Å². The van der Waals surface area contributed by atoms with Crippen LogP contribution >= 0.6 is 0 Å². The number of hydrazine groups is 1. The molecule has 2 amide bonds. The first-order chi connectivity index (χ1) is 9.67. The second-order valence-corrected chi connectivity index (χ2v) is 6.56. The predicted molar refractivity (Wildman–Crippen MR) is 75.4 cm³/mol. The van der Waals surface area contributed by atoms with Crippen LogP contribution in [-0.4, -0.2) is 32.5 Å². The normalized spacial score (nSPS) is 10.7. The maximum absolute atomic E-state index is 11.8. The molecule has 1 aromatic heterocycles. The minimum absolute atomic E-state index is 0. The number of hydrogen-bond acceptors (Lipinski definition) is 4. The molecule has 0 aliphatic heterocycles. The predicted octanol–water partition coefficient (Wildman–Crippen LogP) is -4.30. The van der Waals surface area contributed by atoms with Crippen molar-refractivity contribution in [1.82, 2.24) is 15.6 Å². The minimum atomic E-state index is -3.52. The van der Waals surface area contributed by atoms with Crippen LogP contribution in [-0.2, 0) is 21.4 Å². The largest absolute Gasteiger partial charge is 1.00 e. The Morgan fingerprint density at radius 1 is 1.32 bits per heavy atom. The third-order valence-corrected chi connectivity index (χ3v) is 2.72. The van der Waals surface area contributed by atoms with Crippen LogP contribution in [0.15, 0.2) is 24.5 Å². The van der Waals surface area contributed by atoms with Crippen LogP contribution in [0, 0.1) is 0 Å². The van der Waals surface area contributed by atoms with Gasteiger partial charge in [0.1, 0.15) is 5.56 Å². The van der Waals surface area contributed by atoms with Gasteiger partial charge in [0.05, 0.1) is 6.26 Å². The molecule has 124 valence electrons. The van der Waals surface area contributed by atoms with Crippen molar-refractivity contribution in [1.29, 1.82) is 0 Å². The lowest BCUT2D eigenvalue weighted by atomic mass is 10.2. The smallest absolute Gasteiger partial charge is 0.286 e. The number of carbonyl (C=O) groups is 2. The molecule has 0 aliphatic rings. The lowest BCUT2D eigenvalue weighted by molar-refractivity contribution is -0.684. The van der Waals surface area contributed by atoms with E-state index in [0.29, 0.717) is 0 Å². The summed E-state index contributed by atoms with van der Waals surface area (Å²) in [5.74, 6) is -0.791. The zero-order chi connectivity index (χ0) is 16.0. The number of rotatable bonds is 6. The molecular weight excluding hydrogens is 376 g/mol. The summed E-state index contributed by atoms with van der Waals surface area (Å²) >= 11 is 0. The SMILES string of the molecule is CC(C)NC(=O)C[n+]1cccc(C(=O)NNS(C)(=O)=O)c1.[Br-]. The van der Waals surface area contributed by atoms with Gasteiger partial charge in [-0.3, -0.25) is 15.0 Å². The van der Waals surface area contributed by atoms with Crippen molar-refractivity contribution in [3.8, 4) is 0 Å². The lowest BCUT2D eigenvalue weighted by Crippen LogP contribution is -3.00. The number of nitrogens with zero attached hydrogens (tertiary/aromatic N) is 1. The van der Waals surface area contributed by atoms with Gasteiger partial charge >= 0.3 is 0 Å². The number of aromatic nitrogens is 1. The maximum Gasteiger partial charge on any atom is 0.286 e. The molecule has 3 N–H and O–H groups in total. The molecule has 1 aromatic rings. The highest BCUT2D eigenvalue weighted by atomic mass is 79.9. The van der Waals surface area contributed by atoms with E-state index in [1.54, 1.807) is 12.3 Å². The molecule has 0 saturated heterocycles. The quantitative estimate of drug-likeness (QED) is 0.335. The van der Waals surface area contributed by atoms with Crippen molar-refractivity contribution >= 4 is 21.8 Å². The van der Waals surface area contributed by atoms with Crippen LogP contribution in [0.1, 0.15) is 24.2 Å². The van der Waals surface area contributed by atoms with E-state index >= 15 is 0 Å². The zero-order valence-electron chi connectivity index (χ0n) is 12.5. The van der Waals surface area contributed by atoms with Gasteiger partial charge in [-0.25, -0.2) is 8.42 Å². The molecule has 22 heavy (non-hydrogen) atoms. The number of halogens is 1. The molecule has 8 nitrogen and oxygen atoms in total. The number of nitrogens with one attached hydrogen (secondary N) is 3. The molecule has 0 spiro atoms. The molecule has 0 bridgehead atoms. The Bertz CT molecular complexity index is 634. The van der Waals surface area contributed by atoms with Crippen molar-refractivity contribution in [2.45, 2.75) is 26.4 Å². The van der Waals surface area contributed by atoms with Gasteiger partial charge in [0, 0.05) is 12.1 Å². The number of amides is 2. The van der Waals surface area contributed by atoms with E-state index in [1.807, 2.05) is 18.7 Å². The van der Waals surface area contributed by atoms with Crippen LogP contribution in [0.25, 0.3) is 0 Å². The van der Waals surface area contributed by atoms with Gasteiger partial charge in [-0.1, -0.05) is 0 Å². The summed E-state index contributed by atoms with van der Waals surface area (Å²) in [6.45, 7) is 3.77. The van der Waals surface area contributed by atoms with Gasteiger partial charge in [0.15, 0.2) is 12.4 Å². The van der Waals surface area contributed by atoms with E-state index in [0.717, 1.165) is 6.26 Å². The Hall–Kier alpha value is -1.52. The third-order valence-electron chi connectivity index (χ3n) is 2.25. The second-order valence-electron chi connectivity index (χ2n) is 4.82. The van der Waals surface area contributed by atoms with Crippen LogP contribution in [0.3, 0.4) is 0 Å². The topological polar surface area (TPSA) is 108 Å². The van der Waals surface area contributed by atoms with Crippen LogP contribution < -0.4 is 37.1 Å². The van der Waals surface area contributed by atoms with Crippen LogP contribution in [0.5, 0.6) is 0 Å². The first-order valence-corrected chi connectivity index (χ1v) is 8.12. The molecular formula is C12H19BrN4O4S. The summed E-state index contributed by atoms with van der Waals surface area (Å²) in [4.78, 5) is 25.3. The van der Waals surface area contributed by atoms with E-state index in [9.17, 15) is 18.0 Å². The Morgan fingerprint density at radius 2 is 1.95 bits per heavy atom. The van der Waals surface area contributed by atoms with Gasteiger partial charge < -0.3 is 22.3 Å². The van der Waals surface area contributed by atoms with Gasteiger partial charge in [-0.15, -0.1) is 4.83 Å². The molecule has 1 rings (SSSR count). The average molecular weight is 395 g/mol. The molecule has 0 unspecified atom stereocenters. The lowest BCUT2D eigenvalue weighted by Gasteiger charge is -2.06. The Balaban J connectivity index is 0.00000441. The van der Waals surface area contributed by atoms with Gasteiger partial charge in [0.25, 0.3) is 11.8 Å². The fourth-order valence-electron chi connectivity index (χ4n) is 1.50. The summed E-state index contributed by atoms with van der Waals surface area (Å²) in [6, 6.07) is 3.14. The first kappa shape index (κ1) is 20.5. The van der Waals surface area contributed by atoms with Crippen molar-refractivity contribution in [3.63, 3.8) is 0 Å². The summed E-state index contributed by atoms with van der Waals surface area (Å²) in [7, 11) is -3.52. The monoisotopic (exact) mass is 394 g/mol. The standard InChI is InChI=1S/C12H18N4O4S.BrH/c1-9(2)13-11(17)8-16-6-4-5-10(7-16)12(18)14-15-21(3,19)20;/h4-7,9,15H,8H2,1-3H3,(H-,13,14,17,18);1H. The fourth-order valence-corrected chi connectivity index (χ4v) is 1.78. The van der Waals surface area contributed by atoms with E-state index < -0.39 is 15.9 Å². The summed E-state index contributed by atoms with van der Waals surface area (Å²) in [6.07, 6.45) is 4.02. The highest BCUT2D eigenvalue weighted by Crippen LogP contribution is 1.94. The van der Waals surface area contributed by atoms with Gasteiger partial charge in [-0.2, -0.15) is 4.57 Å². The summed E-state index contributed by atoms with van der Waals surface area (Å²) in [5.41, 5.74) is 2.29. The van der Waals surface area contributed by atoms with Gasteiger partial charge in [0.2, 0.25) is 16.6 Å². The Morgan fingerprint density at radius 3 is 2.50 bits per heavy atom. The van der Waals surface area contributed by atoms with Crippen molar-refractivity contribution in [2.24, 2.45) is 0 Å². The minimum Gasteiger partial charge on any atom is -1.00 e. The summed E-state index contributed by atoms with van der Waals surface area (Å²) < 4.78 is 23.3. The van der Waals surface area contributed by atoms with Crippen molar-refractivity contribution in [2.75, 3.05) is 6.26 Å². The number of carbonyl (C=O) groups excluding carboxylic acids is 2.